The zero-order chi connectivity index (χ0) is 19.8. The first kappa shape index (κ1) is 19.9. The van der Waals surface area contributed by atoms with Crippen molar-refractivity contribution in [2.24, 2.45) is 5.73 Å². The summed E-state index contributed by atoms with van der Waals surface area (Å²) in [7, 11) is 2.82. The summed E-state index contributed by atoms with van der Waals surface area (Å²) in [6.07, 6.45) is 0.564. The van der Waals surface area contributed by atoms with E-state index < -0.39 is 5.91 Å². The van der Waals surface area contributed by atoms with Crippen LogP contribution in [0.5, 0.6) is 23.0 Å². The maximum atomic E-state index is 12.4. The number of nitrogens with one attached hydrogen (secondary N) is 1. The number of rotatable bonds is 9. The molecule has 0 heterocycles. The van der Waals surface area contributed by atoms with Crippen LogP contribution in [0.1, 0.15) is 15.9 Å². The van der Waals surface area contributed by atoms with Gasteiger partial charge in [0.1, 0.15) is 5.75 Å². The third-order valence-corrected chi connectivity index (χ3v) is 3.69. The highest BCUT2D eigenvalue weighted by atomic mass is 16.5. The van der Waals surface area contributed by atoms with Gasteiger partial charge in [-0.15, -0.1) is 0 Å². The number of phenols is 1. The number of nitrogens with two attached hydrogens (primary N) is 1. The SMILES string of the molecule is COc1cc(C(=O)NCCc2cccc(O)c2)cc(OC)c1OCC(N)=O. The fourth-order valence-corrected chi connectivity index (χ4v) is 2.43. The van der Waals surface area contributed by atoms with Crippen LogP contribution in [0.2, 0.25) is 0 Å². The molecule has 8 nitrogen and oxygen atoms in total. The lowest BCUT2D eigenvalue weighted by Gasteiger charge is -2.15. The Morgan fingerprint density at radius 3 is 2.33 bits per heavy atom. The summed E-state index contributed by atoms with van der Waals surface area (Å²) in [5.41, 5.74) is 6.30. The van der Waals surface area contributed by atoms with E-state index in [0.29, 0.717) is 18.5 Å². The lowest BCUT2D eigenvalue weighted by Crippen LogP contribution is -2.26. The Morgan fingerprint density at radius 1 is 1.11 bits per heavy atom. The van der Waals surface area contributed by atoms with Gasteiger partial charge in [0, 0.05) is 12.1 Å². The Kier molecular flexibility index (Phi) is 6.87. The second kappa shape index (κ2) is 9.33. The molecule has 0 atom stereocenters. The van der Waals surface area contributed by atoms with Gasteiger partial charge < -0.3 is 30.4 Å². The van der Waals surface area contributed by atoms with Crippen molar-refractivity contribution in [3.63, 3.8) is 0 Å². The van der Waals surface area contributed by atoms with Crippen LogP contribution in [0.15, 0.2) is 36.4 Å². The number of ether oxygens (including phenoxy) is 3. The smallest absolute Gasteiger partial charge is 0.255 e. The summed E-state index contributed by atoms with van der Waals surface area (Å²) in [5.74, 6) is -0.112. The minimum atomic E-state index is -0.645. The van der Waals surface area contributed by atoms with E-state index in [1.165, 1.54) is 26.4 Å². The van der Waals surface area contributed by atoms with E-state index in [4.69, 9.17) is 19.9 Å². The van der Waals surface area contributed by atoms with E-state index in [1.54, 1.807) is 18.2 Å². The molecule has 0 spiro atoms. The first-order chi connectivity index (χ1) is 12.9. The minimum Gasteiger partial charge on any atom is -0.508 e. The highest BCUT2D eigenvalue weighted by Crippen LogP contribution is 2.38. The van der Waals surface area contributed by atoms with Crippen LogP contribution in [0.25, 0.3) is 0 Å². The number of phenolic OH excluding ortho intramolecular Hbond substituents is 1. The van der Waals surface area contributed by atoms with Crippen molar-refractivity contribution in [2.45, 2.75) is 6.42 Å². The number of aromatic hydroxyl groups is 1. The van der Waals surface area contributed by atoms with E-state index in [2.05, 4.69) is 5.32 Å². The molecular weight excluding hydrogens is 352 g/mol. The van der Waals surface area contributed by atoms with Crippen LogP contribution in [-0.2, 0) is 11.2 Å². The Balaban J connectivity index is 2.09. The largest absolute Gasteiger partial charge is 0.508 e. The topological polar surface area (TPSA) is 120 Å². The molecule has 8 heteroatoms. The number of hydrogen-bond donors (Lipinski definition) is 3. The van der Waals surface area contributed by atoms with E-state index in [9.17, 15) is 14.7 Å². The summed E-state index contributed by atoms with van der Waals surface area (Å²) in [6, 6.07) is 9.81. The molecule has 2 amide bonds. The second-order valence-corrected chi connectivity index (χ2v) is 5.64. The molecule has 0 fully saturated rings. The number of carbonyl (C=O) groups is 2. The lowest BCUT2D eigenvalue weighted by atomic mass is 10.1. The molecule has 0 unspecified atom stereocenters. The predicted octanol–water partition coefficient (Wildman–Crippen LogP) is 1.25. The number of hydrogen-bond acceptors (Lipinski definition) is 6. The van der Waals surface area contributed by atoms with Crippen LogP contribution in [0.3, 0.4) is 0 Å². The molecule has 0 radical (unpaired) electrons. The van der Waals surface area contributed by atoms with Crippen molar-refractivity contribution in [1.82, 2.24) is 5.32 Å². The molecule has 27 heavy (non-hydrogen) atoms. The summed E-state index contributed by atoms with van der Waals surface area (Å²) < 4.78 is 15.8. The molecule has 2 aromatic carbocycles. The first-order valence-electron chi connectivity index (χ1n) is 8.17. The summed E-state index contributed by atoms with van der Waals surface area (Å²) in [4.78, 5) is 23.4. The standard InChI is InChI=1S/C19H22N2O6/c1-25-15-9-13(10-16(26-2)18(15)27-11-17(20)23)19(24)21-7-6-12-4-3-5-14(22)8-12/h3-5,8-10,22H,6-7,11H2,1-2H3,(H2,20,23)(H,21,24). The van der Waals surface area contributed by atoms with Gasteiger partial charge in [-0.3, -0.25) is 9.59 Å². The third kappa shape index (κ3) is 5.53. The zero-order valence-corrected chi connectivity index (χ0v) is 15.2. The highest BCUT2D eigenvalue weighted by molar-refractivity contribution is 5.95. The number of carbonyl (C=O) groups excluding carboxylic acids is 2. The quantitative estimate of drug-likeness (QED) is 0.607. The van der Waals surface area contributed by atoms with E-state index >= 15 is 0 Å². The molecule has 0 aliphatic rings. The molecule has 2 aromatic rings. The molecule has 0 aromatic heterocycles. The van der Waals surface area contributed by atoms with Crippen molar-refractivity contribution >= 4 is 11.8 Å². The molecule has 0 aliphatic carbocycles. The molecule has 144 valence electrons. The van der Waals surface area contributed by atoms with Gasteiger partial charge in [-0.25, -0.2) is 0 Å². The van der Waals surface area contributed by atoms with Crippen LogP contribution >= 0.6 is 0 Å². The minimum absolute atomic E-state index is 0.180. The van der Waals surface area contributed by atoms with Crippen molar-refractivity contribution in [3.05, 3.63) is 47.5 Å². The molecule has 0 saturated carbocycles. The maximum absolute atomic E-state index is 12.4. The molecule has 4 N–H and O–H groups in total. The number of methoxy groups -OCH3 is 2. The highest BCUT2D eigenvalue weighted by Gasteiger charge is 2.18. The molecule has 2 rings (SSSR count). The van der Waals surface area contributed by atoms with E-state index in [-0.39, 0.29) is 35.5 Å². The van der Waals surface area contributed by atoms with Gasteiger partial charge in [-0.2, -0.15) is 0 Å². The van der Waals surface area contributed by atoms with Crippen molar-refractivity contribution in [1.29, 1.82) is 0 Å². The van der Waals surface area contributed by atoms with Crippen molar-refractivity contribution in [3.8, 4) is 23.0 Å². The van der Waals surface area contributed by atoms with Gasteiger partial charge in [0.25, 0.3) is 11.8 Å². The van der Waals surface area contributed by atoms with Crippen LogP contribution in [0.4, 0.5) is 0 Å². The second-order valence-electron chi connectivity index (χ2n) is 5.64. The van der Waals surface area contributed by atoms with Gasteiger partial charge >= 0.3 is 0 Å². The average molecular weight is 374 g/mol. The summed E-state index contributed by atoms with van der Waals surface area (Å²) in [6.45, 7) is 0.0367. The number of primary amides is 1. The zero-order valence-electron chi connectivity index (χ0n) is 15.2. The lowest BCUT2D eigenvalue weighted by molar-refractivity contribution is -0.120. The predicted molar refractivity (Wildman–Crippen MR) is 98.4 cm³/mol. The number of benzene rings is 2. The van der Waals surface area contributed by atoms with E-state index in [1.807, 2.05) is 6.07 Å². The van der Waals surface area contributed by atoms with Crippen LogP contribution < -0.4 is 25.3 Å². The Morgan fingerprint density at radius 2 is 1.78 bits per heavy atom. The van der Waals surface area contributed by atoms with Crippen molar-refractivity contribution < 1.29 is 28.9 Å². The maximum Gasteiger partial charge on any atom is 0.255 e. The summed E-state index contributed by atoms with van der Waals surface area (Å²) in [5, 5.41) is 12.3. The van der Waals surface area contributed by atoms with Gasteiger partial charge in [0.15, 0.2) is 18.1 Å². The van der Waals surface area contributed by atoms with Gasteiger partial charge in [0.2, 0.25) is 5.75 Å². The first-order valence-corrected chi connectivity index (χ1v) is 8.17. The number of amides is 2. The van der Waals surface area contributed by atoms with Crippen molar-refractivity contribution in [2.75, 3.05) is 27.4 Å². The Hall–Kier alpha value is -3.42. The molecule has 0 saturated heterocycles. The van der Waals surface area contributed by atoms with Crippen LogP contribution in [0, 0.1) is 0 Å². The third-order valence-electron chi connectivity index (χ3n) is 3.69. The fraction of sp³-hybridized carbons (Fsp3) is 0.263. The monoisotopic (exact) mass is 374 g/mol. The Bertz CT molecular complexity index is 797. The Labute approximate surface area is 156 Å². The van der Waals surface area contributed by atoms with E-state index in [0.717, 1.165) is 5.56 Å². The molecule has 0 bridgehead atoms. The van der Waals surface area contributed by atoms with Crippen LogP contribution in [-0.4, -0.2) is 44.3 Å². The fourth-order valence-electron chi connectivity index (χ4n) is 2.43. The van der Waals surface area contributed by atoms with Gasteiger partial charge in [0.05, 0.1) is 14.2 Å². The van der Waals surface area contributed by atoms with Gasteiger partial charge in [-0.05, 0) is 36.2 Å². The molecule has 0 aliphatic heterocycles. The average Bonchev–Trinajstić information content (AvgIpc) is 2.65. The normalized spacial score (nSPS) is 10.1. The molecular formula is C19H22N2O6. The summed E-state index contributed by atoms with van der Waals surface area (Å²) >= 11 is 0. The van der Waals surface area contributed by atoms with Gasteiger partial charge in [-0.1, -0.05) is 12.1 Å².